The van der Waals surface area contributed by atoms with Crippen molar-refractivity contribution in [3.63, 3.8) is 0 Å². The highest BCUT2D eigenvalue weighted by molar-refractivity contribution is 5.95. The Morgan fingerprint density at radius 3 is 2.21 bits per heavy atom. The number of nitrogens with zero attached hydrogens (tertiary/aromatic N) is 1. The fraction of sp³-hybridized carbons (Fsp3) is 0.857. The number of nitrogens with one attached hydrogen (secondary N) is 2. The van der Waals surface area contributed by atoms with E-state index in [2.05, 4.69) is 10.6 Å². The van der Waals surface area contributed by atoms with Crippen molar-refractivity contribution < 1.29 is 19.5 Å². The van der Waals surface area contributed by atoms with Crippen molar-refractivity contribution in [1.82, 2.24) is 15.5 Å². The fourth-order valence-corrected chi connectivity index (χ4v) is 7.77. The number of carbonyl (C=O) groups is 3. The van der Waals surface area contributed by atoms with Gasteiger partial charge in [0, 0.05) is 18.6 Å². The first-order valence-electron chi connectivity index (χ1n) is 10.9. The zero-order valence-electron chi connectivity index (χ0n) is 16.8. The van der Waals surface area contributed by atoms with Crippen molar-refractivity contribution in [2.75, 3.05) is 19.6 Å². The van der Waals surface area contributed by atoms with Crippen LogP contribution >= 0.6 is 12.4 Å². The van der Waals surface area contributed by atoms with Gasteiger partial charge in [-0.15, -0.1) is 12.4 Å². The van der Waals surface area contributed by atoms with E-state index in [1.54, 1.807) is 0 Å². The molecule has 4 bridgehead atoms. The number of carbonyl (C=O) groups excluding carboxylic acids is 2. The Labute approximate surface area is 177 Å². The Balaban J connectivity index is 0.00000205. The molecule has 2 atom stereocenters. The smallest absolute Gasteiger partial charge is 0.321 e. The molecule has 5 saturated carbocycles. The number of halogens is 1. The van der Waals surface area contributed by atoms with Gasteiger partial charge in [-0.25, -0.2) is 4.79 Å². The molecule has 6 fully saturated rings. The first-order valence-corrected chi connectivity index (χ1v) is 10.9. The number of hydrogen-bond donors (Lipinski definition) is 3. The Hall–Kier alpha value is -1.34. The molecule has 29 heavy (non-hydrogen) atoms. The van der Waals surface area contributed by atoms with Gasteiger partial charge in [0.25, 0.3) is 0 Å². The molecule has 3 N–H and O–H groups in total. The summed E-state index contributed by atoms with van der Waals surface area (Å²) in [6, 6.07) is -0.376. The first kappa shape index (κ1) is 20.9. The van der Waals surface area contributed by atoms with E-state index >= 15 is 0 Å². The van der Waals surface area contributed by atoms with E-state index in [9.17, 15) is 19.5 Å². The number of fused-ring (bicyclic) bond motifs is 1. The van der Waals surface area contributed by atoms with Crippen molar-refractivity contribution in [2.45, 2.75) is 63.3 Å². The Kier molecular flexibility index (Phi) is 5.35. The number of hydrogen-bond acceptors (Lipinski definition) is 4. The van der Waals surface area contributed by atoms with Gasteiger partial charge in [0.2, 0.25) is 5.91 Å². The second-order valence-corrected chi connectivity index (χ2v) is 10.4. The monoisotopic (exact) mass is 425 g/mol. The van der Waals surface area contributed by atoms with Crippen molar-refractivity contribution in [3.05, 3.63) is 0 Å². The predicted molar refractivity (Wildman–Crippen MR) is 109 cm³/mol. The number of aliphatic carboxylic acids is 1. The summed E-state index contributed by atoms with van der Waals surface area (Å²) >= 11 is 0. The van der Waals surface area contributed by atoms with Gasteiger partial charge in [-0.1, -0.05) is 6.42 Å². The average Bonchev–Trinajstić information content (AvgIpc) is 3.10. The number of urea groups is 1. The van der Waals surface area contributed by atoms with E-state index in [1.165, 1.54) is 19.3 Å². The van der Waals surface area contributed by atoms with Crippen LogP contribution in [0.2, 0.25) is 0 Å². The van der Waals surface area contributed by atoms with Gasteiger partial charge >= 0.3 is 12.0 Å². The number of rotatable bonds is 4. The van der Waals surface area contributed by atoms with E-state index in [1.807, 2.05) is 4.90 Å². The third-order valence-corrected chi connectivity index (χ3v) is 8.40. The van der Waals surface area contributed by atoms with Crippen molar-refractivity contribution in [1.29, 1.82) is 0 Å². The fourth-order valence-electron chi connectivity index (χ4n) is 7.77. The van der Waals surface area contributed by atoms with Crippen LogP contribution in [0.1, 0.15) is 57.8 Å². The van der Waals surface area contributed by atoms with Gasteiger partial charge in [0.1, 0.15) is 0 Å². The highest BCUT2D eigenvalue weighted by Crippen LogP contribution is 2.55. The normalized spacial score (nSPS) is 42.2. The van der Waals surface area contributed by atoms with Crippen molar-refractivity contribution in [2.24, 2.45) is 29.1 Å². The van der Waals surface area contributed by atoms with Crippen LogP contribution in [0.25, 0.3) is 0 Å². The van der Waals surface area contributed by atoms with Crippen LogP contribution in [-0.4, -0.2) is 53.1 Å². The minimum absolute atomic E-state index is 0. The molecular weight excluding hydrogens is 394 g/mol. The van der Waals surface area contributed by atoms with E-state index in [0.717, 1.165) is 49.9 Å². The summed E-state index contributed by atoms with van der Waals surface area (Å²) in [5.41, 5.74) is -0.807. The lowest BCUT2D eigenvalue weighted by atomic mass is 9.53. The molecular formula is C21H32ClN3O4. The highest BCUT2D eigenvalue weighted by atomic mass is 35.5. The Morgan fingerprint density at radius 1 is 1.03 bits per heavy atom. The zero-order chi connectivity index (χ0) is 19.5. The number of carboxylic acid groups (broad SMARTS) is 1. The van der Waals surface area contributed by atoms with Crippen LogP contribution in [0.15, 0.2) is 0 Å². The molecule has 1 saturated heterocycles. The van der Waals surface area contributed by atoms with Crippen molar-refractivity contribution in [3.8, 4) is 0 Å². The molecule has 0 aromatic heterocycles. The first-order chi connectivity index (χ1) is 13.4. The minimum atomic E-state index is -0.738. The van der Waals surface area contributed by atoms with Crippen LogP contribution in [0, 0.1) is 29.1 Å². The lowest BCUT2D eigenvalue weighted by molar-refractivity contribution is -0.149. The van der Waals surface area contributed by atoms with Crippen LogP contribution in [0.4, 0.5) is 4.79 Å². The third-order valence-electron chi connectivity index (χ3n) is 8.40. The summed E-state index contributed by atoms with van der Waals surface area (Å²) < 4.78 is 0. The molecule has 6 aliphatic rings. The number of likely N-dealkylation sites (tertiary alicyclic amines) is 1. The molecule has 1 heterocycles. The largest absolute Gasteiger partial charge is 0.481 e. The number of imide groups is 1. The molecule has 0 radical (unpaired) electrons. The van der Waals surface area contributed by atoms with Gasteiger partial charge in [0.15, 0.2) is 0 Å². The molecule has 8 heteroatoms. The van der Waals surface area contributed by atoms with E-state index < -0.39 is 11.4 Å². The van der Waals surface area contributed by atoms with E-state index in [0.29, 0.717) is 19.5 Å². The number of carboxylic acids is 1. The molecule has 0 aromatic carbocycles. The molecule has 0 spiro atoms. The van der Waals surface area contributed by atoms with Gasteiger partial charge in [0.05, 0.1) is 12.0 Å². The summed E-state index contributed by atoms with van der Waals surface area (Å²) in [6.45, 7) is 1.15. The molecule has 162 valence electrons. The molecule has 3 amide bonds. The maximum Gasteiger partial charge on any atom is 0.321 e. The molecule has 5 aliphatic carbocycles. The van der Waals surface area contributed by atoms with Crippen LogP contribution in [-0.2, 0) is 9.59 Å². The molecule has 0 aromatic rings. The standard InChI is InChI=1S/C21H31N3O4.ClH/c25-17(11-24-10-16-2-1-3-21(16,12-24)18(26)27)22-19(28)23-20-7-13-4-14(8-20)6-15(5-13)9-20;/h13-16H,1-12H2,(H,26,27)(H2,22,23,25,28);1H/t13?,14?,15?,16-,20?,21+;/m0./s1. The SMILES string of the molecule is Cl.O=C(CN1C[C@@H]2CCC[C@@]2(C(=O)O)C1)NC(=O)NC12CC3CC(CC(C3)C1)C2. The quantitative estimate of drug-likeness (QED) is 0.642. The predicted octanol–water partition coefficient (Wildman–Crippen LogP) is 2.39. The lowest BCUT2D eigenvalue weighted by Gasteiger charge is -2.56. The topological polar surface area (TPSA) is 98.7 Å². The van der Waals surface area contributed by atoms with Crippen molar-refractivity contribution >= 4 is 30.3 Å². The zero-order valence-corrected chi connectivity index (χ0v) is 17.6. The van der Waals surface area contributed by atoms with Gasteiger partial charge in [-0.2, -0.15) is 0 Å². The molecule has 1 aliphatic heterocycles. The Bertz CT molecular complexity index is 679. The summed E-state index contributed by atoms with van der Waals surface area (Å²) in [4.78, 5) is 38.6. The maximum absolute atomic E-state index is 12.5. The van der Waals surface area contributed by atoms with Gasteiger partial charge in [-0.05, 0) is 75.0 Å². The van der Waals surface area contributed by atoms with Gasteiger partial charge < -0.3 is 10.4 Å². The highest BCUT2D eigenvalue weighted by Gasteiger charge is 2.55. The van der Waals surface area contributed by atoms with Gasteiger partial charge in [-0.3, -0.25) is 19.8 Å². The summed E-state index contributed by atoms with van der Waals surface area (Å²) in [6.07, 6.45) is 9.63. The average molecular weight is 426 g/mol. The van der Waals surface area contributed by atoms with E-state index in [-0.39, 0.29) is 42.3 Å². The maximum atomic E-state index is 12.5. The lowest BCUT2D eigenvalue weighted by Crippen LogP contribution is -2.62. The molecule has 6 rings (SSSR count). The second kappa shape index (κ2) is 7.41. The van der Waals surface area contributed by atoms with Crippen LogP contribution in [0.5, 0.6) is 0 Å². The van der Waals surface area contributed by atoms with Crippen LogP contribution in [0.3, 0.4) is 0 Å². The minimum Gasteiger partial charge on any atom is -0.481 e. The summed E-state index contributed by atoms with van der Waals surface area (Å²) in [7, 11) is 0. The molecule has 7 nitrogen and oxygen atoms in total. The Morgan fingerprint density at radius 2 is 1.66 bits per heavy atom. The van der Waals surface area contributed by atoms with E-state index in [4.69, 9.17) is 0 Å². The van der Waals surface area contributed by atoms with Crippen LogP contribution < -0.4 is 10.6 Å². The third kappa shape index (κ3) is 3.65. The summed E-state index contributed by atoms with van der Waals surface area (Å²) in [5.74, 6) is 1.26. The second-order valence-electron chi connectivity index (χ2n) is 10.4. The molecule has 0 unspecified atom stereocenters. The summed E-state index contributed by atoms with van der Waals surface area (Å²) in [5, 5.41) is 15.3. The number of amides is 3.